The molecule has 14 heteroatoms. The van der Waals surface area contributed by atoms with E-state index < -0.39 is 39.3 Å². The second kappa shape index (κ2) is 12.1. The lowest BCUT2D eigenvalue weighted by molar-refractivity contribution is -0.192. The van der Waals surface area contributed by atoms with Crippen LogP contribution in [0.2, 0.25) is 0 Å². The van der Waals surface area contributed by atoms with Crippen LogP contribution < -0.4 is 5.73 Å². The van der Waals surface area contributed by atoms with Crippen molar-refractivity contribution in [3.8, 4) is 0 Å². The molecule has 5 unspecified atom stereocenters. The third-order valence-electron chi connectivity index (χ3n) is 9.34. The monoisotopic (exact) mass is 716 g/mol. The number of nitrogens with zero attached hydrogens (tertiary/aromatic N) is 3. The molecule has 1 saturated heterocycles. The number of rotatable bonds is 8. The summed E-state index contributed by atoms with van der Waals surface area (Å²) >= 11 is 3.80. The lowest BCUT2D eigenvalue weighted by Gasteiger charge is -2.41. The minimum Gasteiger partial charge on any atom is -0.475 e. The summed E-state index contributed by atoms with van der Waals surface area (Å²) in [6.07, 6.45) is -3.28. The number of carbonyl (C=O) groups excluding carboxylic acids is 3. The number of fused-ring (bicyclic) bond motifs is 5. The number of benzene rings is 2. The number of carbonyl (C=O) groups is 4. The Morgan fingerprint density at radius 1 is 1.02 bits per heavy atom. The second-order valence-electron chi connectivity index (χ2n) is 12.2. The van der Waals surface area contributed by atoms with Crippen LogP contribution in [0, 0.1) is 23.7 Å². The summed E-state index contributed by atoms with van der Waals surface area (Å²) in [4.78, 5) is 57.2. The van der Waals surface area contributed by atoms with E-state index in [1.54, 1.807) is 6.92 Å². The van der Waals surface area contributed by atoms with Gasteiger partial charge in [0.2, 0.25) is 17.7 Å². The Morgan fingerprint density at radius 2 is 1.55 bits per heavy atom. The molecule has 1 aromatic heterocycles. The Morgan fingerprint density at radius 3 is 2.04 bits per heavy atom. The molecule has 10 nitrogen and oxygen atoms in total. The number of ketones is 1. The van der Waals surface area contributed by atoms with Gasteiger partial charge in [-0.15, -0.1) is 0 Å². The van der Waals surface area contributed by atoms with Crippen LogP contribution in [0.25, 0.3) is 11.1 Å². The number of Topliss-reactive ketones (excluding diaryl/α,β-unsaturated/α-hetero) is 1. The van der Waals surface area contributed by atoms with E-state index in [9.17, 15) is 27.6 Å². The lowest BCUT2D eigenvalue weighted by atomic mass is 9.63. The van der Waals surface area contributed by atoms with E-state index in [4.69, 9.17) is 20.2 Å². The number of allylic oxidation sites excluding steroid dienone is 2. The summed E-state index contributed by atoms with van der Waals surface area (Å²) < 4.78 is 35.5. The maximum absolute atomic E-state index is 14.4. The highest BCUT2D eigenvalue weighted by Crippen LogP contribution is 2.77. The van der Waals surface area contributed by atoms with Crippen LogP contribution in [-0.2, 0) is 19.2 Å². The van der Waals surface area contributed by atoms with E-state index >= 15 is 0 Å². The van der Waals surface area contributed by atoms with Crippen molar-refractivity contribution in [3.63, 3.8) is 0 Å². The molecule has 47 heavy (non-hydrogen) atoms. The molecule has 3 aromatic rings. The largest absolute Gasteiger partial charge is 0.490 e. The zero-order valence-electron chi connectivity index (χ0n) is 25.7. The molecular weight excluding hydrogens is 685 g/mol. The summed E-state index contributed by atoms with van der Waals surface area (Å²) in [6.45, 7) is 5.66. The van der Waals surface area contributed by atoms with Crippen LogP contribution in [0.1, 0.15) is 62.0 Å². The Balaban J connectivity index is 0.000000559. The standard InChI is InChI=1S/C31H31BrN4O4.C2HF3O2/c1-18-34-25(40-35-18)21(33)16-10-11-17-36-26(37)24-29(2)22(19-12-6-4-7-13-19)23(20-14-8-5-9-15-20)30(3,27(29)38)31(24,32)28(36)39;3-2(4,5)1(6)7/h4-9,12-15,21,24H,10-11,16-17,33H2,1-3H3;(H,6,7). The number of hydrogen-bond donors (Lipinski definition) is 2. The molecule has 0 radical (unpaired) electrons. The van der Waals surface area contributed by atoms with E-state index in [1.165, 1.54) is 4.90 Å². The number of halogens is 4. The molecule has 248 valence electrons. The third kappa shape index (κ3) is 5.21. The molecule has 2 aromatic carbocycles. The maximum Gasteiger partial charge on any atom is 0.490 e. The van der Waals surface area contributed by atoms with E-state index in [2.05, 4.69) is 26.1 Å². The van der Waals surface area contributed by atoms with Crippen molar-refractivity contribution in [2.24, 2.45) is 22.5 Å². The number of carboxylic acids is 1. The first-order chi connectivity index (χ1) is 22.0. The molecule has 5 atom stereocenters. The molecule has 2 bridgehead atoms. The average molecular weight is 718 g/mol. The molecule has 2 aliphatic carbocycles. The van der Waals surface area contributed by atoms with Crippen molar-refractivity contribution < 1.29 is 42.0 Å². The summed E-state index contributed by atoms with van der Waals surface area (Å²) in [5.41, 5.74) is 7.18. The second-order valence-corrected chi connectivity index (χ2v) is 13.4. The number of aromatic nitrogens is 2. The van der Waals surface area contributed by atoms with Crippen LogP contribution in [-0.4, -0.2) is 60.8 Å². The highest BCUT2D eigenvalue weighted by molar-refractivity contribution is 9.10. The van der Waals surface area contributed by atoms with Gasteiger partial charge in [0.15, 0.2) is 11.6 Å². The molecule has 1 aliphatic heterocycles. The SMILES string of the molecule is Cc1noc(C(N)CCCCN2C(=O)C3C4(C)C(=O)C(C)(C(c5ccccc5)=C4c4ccccc4)C3(Br)C2=O)n1.O=C(O)C(F)(F)F. The summed E-state index contributed by atoms with van der Waals surface area (Å²) in [7, 11) is 0. The number of imide groups is 1. The van der Waals surface area contributed by atoms with E-state index in [0.717, 1.165) is 22.3 Å². The van der Waals surface area contributed by atoms with Gasteiger partial charge >= 0.3 is 12.1 Å². The third-order valence-corrected chi connectivity index (χ3v) is 10.9. The lowest BCUT2D eigenvalue weighted by Crippen LogP contribution is -2.50. The van der Waals surface area contributed by atoms with Crippen molar-refractivity contribution >= 4 is 50.6 Å². The number of carboxylic acid groups (broad SMARTS) is 1. The van der Waals surface area contributed by atoms with Crippen LogP contribution in [0.15, 0.2) is 65.2 Å². The van der Waals surface area contributed by atoms with Crippen LogP contribution in [0.5, 0.6) is 0 Å². The minimum atomic E-state index is -5.08. The maximum atomic E-state index is 14.4. The van der Waals surface area contributed by atoms with Gasteiger partial charge < -0.3 is 15.4 Å². The Kier molecular flexibility index (Phi) is 8.82. The fraction of sp³-hybridized carbons (Fsp3) is 0.394. The van der Waals surface area contributed by atoms with Crippen molar-refractivity contribution in [2.75, 3.05) is 6.54 Å². The number of aryl methyl sites for hydroxylation is 1. The van der Waals surface area contributed by atoms with E-state index in [1.807, 2.05) is 74.5 Å². The summed E-state index contributed by atoms with van der Waals surface area (Å²) in [6, 6.07) is 19.1. The summed E-state index contributed by atoms with van der Waals surface area (Å²) in [5, 5.41) is 10.9. The minimum absolute atomic E-state index is 0.0956. The van der Waals surface area contributed by atoms with Gasteiger partial charge in [0, 0.05) is 6.54 Å². The first-order valence-electron chi connectivity index (χ1n) is 14.8. The van der Waals surface area contributed by atoms with Gasteiger partial charge in [-0.05, 0) is 62.3 Å². The van der Waals surface area contributed by atoms with Gasteiger partial charge in [0.1, 0.15) is 4.32 Å². The topological polar surface area (TPSA) is 157 Å². The first kappa shape index (κ1) is 34.2. The van der Waals surface area contributed by atoms with E-state index in [0.29, 0.717) is 31.0 Å². The van der Waals surface area contributed by atoms with Gasteiger partial charge in [-0.3, -0.25) is 19.3 Å². The Hall–Kier alpha value is -4.17. The fourth-order valence-electron chi connectivity index (χ4n) is 7.29. The zero-order valence-corrected chi connectivity index (χ0v) is 27.3. The molecule has 0 spiro atoms. The fourth-order valence-corrected chi connectivity index (χ4v) is 8.54. The number of likely N-dealkylation sites (tertiary alicyclic amines) is 1. The van der Waals surface area contributed by atoms with Gasteiger partial charge in [0.05, 0.1) is 22.8 Å². The van der Waals surface area contributed by atoms with Crippen LogP contribution >= 0.6 is 15.9 Å². The number of aliphatic carboxylic acids is 1. The first-order valence-corrected chi connectivity index (χ1v) is 15.6. The molecule has 6 rings (SSSR count). The van der Waals surface area contributed by atoms with Crippen molar-refractivity contribution in [1.29, 1.82) is 0 Å². The zero-order chi connectivity index (χ0) is 34.5. The molecule has 2 amide bonds. The normalized spacial score (nSPS) is 27.2. The number of hydrogen-bond acceptors (Lipinski definition) is 8. The molecule has 2 heterocycles. The molecule has 3 aliphatic rings. The predicted molar refractivity (Wildman–Crippen MR) is 166 cm³/mol. The van der Waals surface area contributed by atoms with Crippen LogP contribution in [0.3, 0.4) is 0 Å². The predicted octanol–water partition coefficient (Wildman–Crippen LogP) is 5.52. The number of alkyl halides is 4. The van der Waals surface area contributed by atoms with Crippen molar-refractivity contribution in [3.05, 3.63) is 83.5 Å². The Labute approximate surface area is 276 Å². The molecule has 2 fully saturated rings. The van der Waals surface area contributed by atoms with E-state index in [-0.39, 0.29) is 24.1 Å². The average Bonchev–Trinajstić information content (AvgIpc) is 3.65. The van der Waals surface area contributed by atoms with Gasteiger partial charge in [0.25, 0.3) is 0 Å². The van der Waals surface area contributed by atoms with Gasteiger partial charge in [-0.25, -0.2) is 4.79 Å². The molecule has 3 N–H and O–H groups in total. The number of amides is 2. The molecule has 1 saturated carbocycles. The Bertz CT molecular complexity index is 1760. The highest BCUT2D eigenvalue weighted by Gasteiger charge is 2.85. The van der Waals surface area contributed by atoms with Gasteiger partial charge in [-0.2, -0.15) is 18.2 Å². The van der Waals surface area contributed by atoms with Crippen LogP contribution in [0.4, 0.5) is 13.2 Å². The summed E-state index contributed by atoms with van der Waals surface area (Å²) in [5.74, 6) is -3.45. The number of nitrogens with two attached hydrogens (primary N) is 1. The highest BCUT2D eigenvalue weighted by atomic mass is 79.9. The quantitative estimate of drug-likeness (QED) is 0.174. The smallest absolute Gasteiger partial charge is 0.475 e. The van der Waals surface area contributed by atoms with Gasteiger partial charge in [-0.1, -0.05) is 81.8 Å². The molecular formula is C33H32BrF3N4O6. The van der Waals surface area contributed by atoms with Crippen molar-refractivity contribution in [1.82, 2.24) is 15.0 Å². The number of unbranched alkanes of at least 4 members (excludes halogenated alkanes) is 1. The van der Waals surface area contributed by atoms with Crippen molar-refractivity contribution in [2.45, 2.75) is 56.6 Å².